The van der Waals surface area contributed by atoms with E-state index in [0.717, 1.165) is 32.0 Å². The number of nitrogens with zero attached hydrogens (tertiary/aromatic N) is 1. The van der Waals surface area contributed by atoms with Crippen LogP contribution in [0.4, 0.5) is 0 Å². The first-order chi connectivity index (χ1) is 9.08. The van der Waals surface area contributed by atoms with Gasteiger partial charge in [0, 0.05) is 25.6 Å². The zero-order valence-corrected chi connectivity index (χ0v) is 12.9. The average Bonchev–Trinajstić information content (AvgIpc) is 2.37. The van der Waals surface area contributed by atoms with Crippen molar-refractivity contribution in [3.8, 4) is 0 Å². The molecule has 0 atom stereocenters. The molecule has 1 aliphatic rings. The highest BCUT2D eigenvalue weighted by Gasteiger charge is 2.14. The van der Waals surface area contributed by atoms with Gasteiger partial charge in [-0.2, -0.15) is 0 Å². The van der Waals surface area contributed by atoms with Gasteiger partial charge in [0.1, 0.15) is 0 Å². The van der Waals surface area contributed by atoms with Gasteiger partial charge >= 0.3 is 0 Å². The topological polar surface area (TPSA) is 44.4 Å². The van der Waals surface area contributed by atoms with E-state index in [1.165, 1.54) is 25.9 Å². The number of amides is 1. The molecule has 1 rings (SSSR count). The van der Waals surface area contributed by atoms with E-state index in [2.05, 4.69) is 36.3 Å². The van der Waals surface area contributed by atoms with Crippen molar-refractivity contribution in [1.29, 1.82) is 0 Å². The van der Waals surface area contributed by atoms with Crippen LogP contribution in [0.5, 0.6) is 0 Å². The summed E-state index contributed by atoms with van der Waals surface area (Å²) in [6.07, 6.45) is 4.16. The van der Waals surface area contributed by atoms with Crippen LogP contribution in [0.3, 0.4) is 0 Å². The Hall–Kier alpha value is -0.610. The molecule has 0 bridgehead atoms. The maximum Gasteiger partial charge on any atom is 0.220 e. The third-order valence-electron chi connectivity index (χ3n) is 3.76. The molecule has 0 aromatic heterocycles. The Morgan fingerprint density at radius 3 is 2.58 bits per heavy atom. The van der Waals surface area contributed by atoms with Crippen LogP contribution in [0, 0.1) is 5.92 Å². The highest BCUT2D eigenvalue weighted by atomic mass is 16.1. The van der Waals surface area contributed by atoms with Crippen LogP contribution in [-0.2, 0) is 4.79 Å². The predicted octanol–water partition coefficient (Wildman–Crippen LogP) is 1.61. The molecular weight excluding hydrogens is 238 g/mol. The first-order valence-corrected chi connectivity index (χ1v) is 7.80. The molecule has 112 valence electrons. The predicted molar refractivity (Wildman–Crippen MR) is 80.2 cm³/mol. The second-order valence-corrected chi connectivity index (χ2v) is 6.09. The standard InChI is InChI=1S/C15H31N3O/c1-13(2)16-8-4-5-15(19)17-9-12-18-10-6-14(3)7-11-18/h13-14,16H,4-12H2,1-3H3,(H,17,19). The van der Waals surface area contributed by atoms with E-state index in [1.807, 2.05) is 0 Å². The van der Waals surface area contributed by atoms with E-state index in [1.54, 1.807) is 0 Å². The molecule has 19 heavy (non-hydrogen) atoms. The van der Waals surface area contributed by atoms with Crippen LogP contribution in [0.2, 0.25) is 0 Å². The fourth-order valence-electron chi connectivity index (χ4n) is 2.37. The fourth-order valence-corrected chi connectivity index (χ4v) is 2.37. The number of likely N-dealkylation sites (tertiary alicyclic amines) is 1. The Kier molecular flexibility index (Phi) is 8.07. The minimum absolute atomic E-state index is 0.191. The van der Waals surface area contributed by atoms with E-state index in [9.17, 15) is 4.79 Å². The molecule has 0 aromatic rings. The van der Waals surface area contributed by atoms with Gasteiger partial charge in [-0.05, 0) is 44.8 Å². The molecule has 0 unspecified atom stereocenters. The van der Waals surface area contributed by atoms with Gasteiger partial charge in [0.25, 0.3) is 0 Å². The minimum Gasteiger partial charge on any atom is -0.355 e. The molecule has 4 heteroatoms. The van der Waals surface area contributed by atoms with Crippen molar-refractivity contribution < 1.29 is 4.79 Å². The maximum absolute atomic E-state index is 11.6. The fraction of sp³-hybridized carbons (Fsp3) is 0.933. The van der Waals surface area contributed by atoms with E-state index >= 15 is 0 Å². The summed E-state index contributed by atoms with van der Waals surface area (Å²) in [5, 5.41) is 6.35. The smallest absolute Gasteiger partial charge is 0.220 e. The van der Waals surface area contributed by atoms with Crippen LogP contribution in [0.25, 0.3) is 0 Å². The number of hydrogen-bond acceptors (Lipinski definition) is 3. The van der Waals surface area contributed by atoms with Gasteiger partial charge in [-0.15, -0.1) is 0 Å². The summed E-state index contributed by atoms with van der Waals surface area (Å²) >= 11 is 0. The summed E-state index contributed by atoms with van der Waals surface area (Å²) in [7, 11) is 0. The molecule has 1 aliphatic heterocycles. The van der Waals surface area contributed by atoms with Crippen LogP contribution in [0.1, 0.15) is 46.5 Å². The molecule has 4 nitrogen and oxygen atoms in total. The third kappa shape index (κ3) is 8.22. The first kappa shape index (κ1) is 16.4. The quantitative estimate of drug-likeness (QED) is 0.658. The SMILES string of the molecule is CC1CCN(CCNC(=O)CCCNC(C)C)CC1. The monoisotopic (exact) mass is 269 g/mol. The molecular formula is C15H31N3O. The normalized spacial score (nSPS) is 17.9. The van der Waals surface area contributed by atoms with Gasteiger partial charge in [-0.3, -0.25) is 4.79 Å². The number of hydrogen-bond donors (Lipinski definition) is 2. The number of carbonyl (C=O) groups excluding carboxylic acids is 1. The first-order valence-electron chi connectivity index (χ1n) is 7.80. The Labute approximate surface area is 118 Å². The van der Waals surface area contributed by atoms with E-state index in [0.29, 0.717) is 12.5 Å². The summed E-state index contributed by atoms with van der Waals surface area (Å²) in [5.74, 6) is 1.07. The lowest BCUT2D eigenvalue weighted by Crippen LogP contribution is -2.39. The molecule has 1 amide bonds. The average molecular weight is 269 g/mol. The van der Waals surface area contributed by atoms with Crippen molar-refractivity contribution in [2.24, 2.45) is 5.92 Å². The summed E-state index contributed by atoms with van der Waals surface area (Å²) in [4.78, 5) is 14.1. The van der Waals surface area contributed by atoms with Crippen LogP contribution in [-0.4, -0.2) is 49.6 Å². The Morgan fingerprint density at radius 2 is 1.95 bits per heavy atom. The lowest BCUT2D eigenvalue weighted by atomic mass is 9.99. The number of carbonyl (C=O) groups is 1. The van der Waals surface area contributed by atoms with Gasteiger partial charge in [0.2, 0.25) is 5.91 Å². The molecule has 0 spiro atoms. The molecule has 0 aromatic carbocycles. The van der Waals surface area contributed by atoms with E-state index in [-0.39, 0.29) is 5.91 Å². The number of nitrogens with one attached hydrogen (secondary N) is 2. The second-order valence-electron chi connectivity index (χ2n) is 6.09. The highest BCUT2D eigenvalue weighted by Crippen LogP contribution is 2.14. The van der Waals surface area contributed by atoms with Gasteiger partial charge in [0.05, 0.1) is 0 Å². The molecule has 0 aliphatic carbocycles. The summed E-state index contributed by atoms with van der Waals surface area (Å²) in [6.45, 7) is 11.7. The summed E-state index contributed by atoms with van der Waals surface area (Å²) in [6, 6.07) is 0.504. The number of rotatable bonds is 8. The van der Waals surface area contributed by atoms with E-state index in [4.69, 9.17) is 0 Å². The maximum atomic E-state index is 11.6. The zero-order chi connectivity index (χ0) is 14.1. The van der Waals surface area contributed by atoms with Crippen molar-refractivity contribution in [2.45, 2.75) is 52.5 Å². The molecule has 1 fully saturated rings. The zero-order valence-electron chi connectivity index (χ0n) is 12.9. The van der Waals surface area contributed by atoms with Crippen molar-refractivity contribution in [2.75, 3.05) is 32.7 Å². The Morgan fingerprint density at radius 1 is 1.26 bits per heavy atom. The highest BCUT2D eigenvalue weighted by molar-refractivity contribution is 5.75. The van der Waals surface area contributed by atoms with Crippen molar-refractivity contribution in [1.82, 2.24) is 15.5 Å². The van der Waals surface area contributed by atoms with Gasteiger partial charge in [-0.1, -0.05) is 20.8 Å². The Balaban J connectivity index is 1.95. The van der Waals surface area contributed by atoms with Gasteiger partial charge < -0.3 is 15.5 Å². The molecule has 0 saturated carbocycles. The van der Waals surface area contributed by atoms with E-state index < -0.39 is 0 Å². The molecule has 2 N–H and O–H groups in total. The summed E-state index contributed by atoms with van der Waals surface area (Å²) < 4.78 is 0. The van der Waals surface area contributed by atoms with Gasteiger partial charge in [0.15, 0.2) is 0 Å². The minimum atomic E-state index is 0.191. The third-order valence-corrected chi connectivity index (χ3v) is 3.76. The Bertz CT molecular complexity index is 248. The van der Waals surface area contributed by atoms with Gasteiger partial charge in [-0.25, -0.2) is 0 Å². The lowest BCUT2D eigenvalue weighted by molar-refractivity contribution is -0.121. The number of piperidine rings is 1. The molecule has 1 heterocycles. The largest absolute Gasteiger partial charge is 0.355 e. The van der Waals surface area contributed by atoms with Crippen molar-refractivity contribution >= 4 is 5.91 Å². The van der Waals surface area contributed by atoms with Crippen molar-refractivity contribution in [3.63, 3.8) is 0 Å². The van der Waals surface area contributed by atoms with Crippen LogP contribution < -0.4 is 10.6 Å². The molecule has 0 radical (unpaired) electrons. The van der Waals surface area contributed by atoms with Crippen molar-refractivity contribution in [3.05, 3.63) is 0 Å². The van der Waals surface area contributed by atoms with Crippen LogP contribution in [0.15, 0.2) is 0 Å². The second kappa shape index (κ2) is 9.32. The summed E-state index contributed by atoms with van der Waals surface area (Å²) in [5.41, 5.74) is 0. The molecule has 1 saturated heterocycles. The van der Waals surface area contributed by atoms with Crippen LogP contribution >= 0.6 is 0 Å². The lowest BCUT2D eigenvalue weighted by Gasteiger charge is -2.30.